The number of aromatic hydroxyl groups is 1. The predicted molar refractivity (Wildman–Crippen MR) is 109 cm³/mol. The lowest BCUT2D eigenvalue weighted by Crippen LogP contribution is -2.47. The highest BCUT2D eigenvalue weighted by Crippen LogP contribution is 2.64. The number of phenols is 1. The van der Waals surface area contributed by atoms with Crippen molar-refractivity contribution >= 4 is 0 Å². The number of ether oxygens (including phenoxy) is 1. The van der Waals surface area contributed by atoms with Gasteiger partial charge < -0.3 is 14.9 Å². The monoisotopic (exact) mass is 378 g/mol. The van der Waals surface area contributed by atoms with Crippen LogP contribution in [0, 0.1) is 17.3 Å². The highest BCUT2D eigenvalue weighted by molar-refractivity contribution is 5.43. The summed E-state index contributed by atoms with van der Waals surface area (Å²) < 4.78 is 5.91. The summed E-state index contributed by atoms with van der Waals surface area (Å²) in [4.78, 5) is 0. The van der Waals surface area contributed by atoms with Gasteiger partial charge in [-0.25, -0.2) is 0 Å². The molecule has 0 aliphatic heterocycles. The maximum atomic E-state index is 10.8. The lowest BCUT2D eigenvalue weighted by molar-refractivity contribution is -0.0606. The zero-order valence-corrected chi connectivity index (χ0v) is 16.7. The summed E-state index contributed by atoms with van der Waals surface area (Å²) in [5.41, 5.74) is 4.18. The summed E-state index contributed by atoms with van der Waals surface area (Å²) in [7, 11) is 1.76. The number of phenolic OH excluding ortho intramolecular Hbond substituents is 1. The van der Waals surface area contributed by atoms with Crippen molar-refractivity contribution in [2.24, 2.45) is 17.3 Å². The van der Waals surface area contributed by atoms with E-state index in [1.54, 1.807) is 7.11 Å². The van der Waals surface area contributed by atoms with Crippen LogP contribution in [0.15, 0.2) is 48.5 Å². The highest BCUT2D eigenvalue weighted by atomic mass is 16.5. The molecule has 2 aromatic rings. The van der Waals surface area contributed by atoms with Crippen LogP contribution in [0.25, 0.3) is 0 Å². The topological polar surface area (TPSA) is 49.7 Å². The molecule has 0 bridgehead atoms. The molecule has 3 aliphatic rings. The Morgan fingerprint density at radius 1 is 1.07 bits per heavy atom. The van der Waals surface area contributed by atoms with Crippen molar-refractivity contribution in [3.05, 3.63) is 65.2 Å². The van der Waals surface area contributed by atoms with Gasteiger partial charge in [0.2, 0.25) is 0 Å². The van der Waals surface area contributed by atoms with Crippen LogP contribution in [0.4, 0.5) is 0 Å². The van der Waals surface area contributed by atoms with Gasteiger partial charge >= 0.3 is 0 Å². The van der Waals surface area contributed by atoms with E-state index in [1.165, 1.54) is 16.7 Å². The molecule has 5 rings (SSSR count). The first-order valence-corrected chi connectivity index (χ1v) is 10.6. The highest BCUT2D eigenvalue weighted by Gasteiger charge is 2.60. The fourth-order valence-electron chi connectivity index (χ4n) is 6.99. The molecule has 28 heavy (non-hydrogen) atoms. The van der Waals surface area contributed by atoms with Gasteiger partial charge in [0.15, 0.2) is 0 Å². The Kier molecular flexibility index (Phi) is 4.29. The number of rotatable bonds is 2. The van der Waals surface area contributed by atoms with Crippen LogP contribution in [0.5, 0.6) is 5.75 Å². The minimum Gasteiger partial charge on any atom is -0.508 e. The van der Waals surface area contributed by atoms with Crippen LogP contribution in [-0.2, 0) is 11.2 Å². The summed E-state index contributed by atoms with van der Waals surface area (Å²) in [6, 6.07) is 16.8. The number of hydrogen-bond donors (Lipinski definition) is 2. The quantitative estimate of drug-likeness (QED) is 0.801. The van der Waals surface area contributed by atoms with Gasteiger partial charge in [-0.3, -0.25) is 0 Å². The molecular weight excluding hydrogens is 348 g/mol. The molecule has 3 heteroatoms. The Hall–Kier alpha value is -1.84. The largest absolute Gasteiger partial charge is 0.508 e. The Labute approximate surface area is 167 Å². The van der Waals surface area contributed by atoms with Crippen LogP contribution in [0.3, 0.4) is 0 Å². The van der Waals surface area contributed by atoms with E-state index in [1.807, 2.05) is 12.1 Å². The second kappa shape index (κ2) is 6.60. The molecule has 0 heterocycles. The third kappa shape index (κ3) is 2.63. The van der Waals surface area contributed by atoms with Crippen LogP contribution >= 0.6 is 0 Å². The van der Waals surface area contributed by atoms with Crippen LogP contribution in [0.1, 0.15) is 54.7 Å². The van der Waals surface area contributed by atoms with Crippen molar-refractivity contribution in [3.63, 3.8) is 0 Å². The van der Waals surface area contributed by atoms with E-state index in [9.17, 15) is 10.2 Å². The van der Waals surface area contributed by atoms with Crippen LogP contribution < -0.4 is 0 Å². The van der Waals surface area contributed by atoms with E-state index >= 15 is 0 Å². The van der Waals surface area contributed by atoms with Gasteiger partial charge in [-0.1, -0.05) is 43.3 Å². The molecule has 2 aromatic carbocycles. The summed E-state index contributed by atoms with van der Waals surface area (Å²) in [6.07, 6.45) is 3.57. The van der Waals surface area contributed by atoms with Gasteiger partial charge in [0.05, 0.1) is 12.2 Å². The molecule has 3 nitrogen and oxygen atoms in total. The van der Waals surface area contributed by atoms with Gasteiger partial charge in [0.1, 0.15) is 5.75 Å². The number of fused-ring (bicyclic) bond motifs is 5. The average molecular weight is 379 g/mol. The summed E-state index contributed by atoms with van der Waals surface area (Å²) in [5, 5.41) is 20.9. The number of hydrogen-bond acceptors (Lipinski definition) is 3. The second-order valence-electron chi connectivity index (χ2n) is 9.48. The van der Waals surface area contributed by atoms with Crippen LogP contribution in [0.2, 0.25) is 0 Å². The Morgan fingerprint density at radius 3 is 2.61 bits per heavy atom. The predicted octanol–water partition coefficient (Wildman–Crippen LogP) is 4.63. The molecule has 0 saturated heterocycles. The number of aliphatic hydroxyl groups is 1. The molecule has 0 amide bonds. The Balaban J connectivity index is 1.67. The number of benzene rings is 2. The average Bonchev–Trinajstić information content (AvgIpc) is 2.96. The third-order valence-electron chi connectivity index (χ3n) is 8.05. The number of methoxy groups -OCH3 is 1. The van der Waals surface area contributed by atoms with Crippen molar-refractivity contribution in [2.45, 2.75) is 56.7 Å². The summed E-state index contributed by atoms with van der Waals surface area (Å²) in [5.74, 6) is 1.98. The minimum atomic E-state index is -0.378. The van der Waals surface area contributed by atoms with Gasteiger partial charge in [-0.05, 0) is 83.6 Å². The molecule has 0 spiro atoms. The normalized spacial score (nSPS) is 39.1. The standard InChI is InChI=1S/C25H30O3/c1-25-11-10-19-18-9-8-17(26)12-16(18)13-20(15-6-4-3-5-7-15)22(19)23(25)24(28-2)21(27)14-25/h3-9,12,19-24,26-27H,10-11,13-14H2,1-2H3/t19-,20+,21+,22+,23-,24-,25-/m1/s1. The van der Waals surface area contributed by atoms with E-state index in [-0.39, 0.29) is 17.6 Å². The summed E-state index contributed by atoms with van der Waals surface area (Å²) >= 11 is 0. The van der Waals surface area contributed by atoms with Crippen molar-refractivity contribution in [1.82, 2.24) is 0 Å². The molecule has 0 aromatic heterocycles. The van der Waals surface area contributed by atoms with Gasteiger partial charge in [-0.2, -0.15) is 0 Å². The molecular formula is C25H30O3. The Bertz CT molecular complexity index is 863. The lowest BCUT2D eigenvalue weighted by Gasteiger charge is -2.53. The van der Waals surface area contributed by atoms with E-state index in [2.05, 4.69) is 43.3 Å². The van der Waals surface area contributed by atoms with Crippen molar-refractivity contribution in [2.75, 3.05) is 7.11 Å². The molecule has 2 fully saturated rings. The zero-order chi connectivity index (χ0) is 19.5. The van der Waals surface area contributed by atoms with Crippen molar-refractivity contribution < 1.29 is 14.9 Å². The minimum absolute atomic E-state index is 0.0947. The van der Waals surface area contributed by atoms with Crippen LogP contribution in [-0.4, -0.2) is 29.5 Å². The number of aliphatic hydroxyl groups excluding tert-OH is 1. The fourth-order valence-corrected chi connectivity index (χ4v) is 6.99. The van der Waals surface area contributed by atoms with Gasteiger partial charge in [0.25, 0.3) is 0 Å². The van der Waals surface area contributed by atoms with Gasteiger partial charge in [0, 0.05) is 7.11 Å². The molecule has 0 radical (unpaired) electrons. The SMILES string of the molecule is CO[C@H]1[C@H]2[C@H]3[C@H](CC[C@]2(C)C[C@@H]1O)c1ccc(O)cc1C[C@H]3c1ccccc1. The maximum Gasteiger partial charge on any atom is 0.115 e. The van der Waals surface area contributed by atoms with E-state index in [4.69, 9.17) is 4.74 Å². The molecule has 148 valence electrons. The third-order valence-corrected chi connectivity index (χ3v) is 8.05. The van der Waals surface area contributed by atoms with E-state index in [0.717, 1.165) is 25.7 Å². The fraction of sp³-hybridized carbons (Fsp3) is 0.520. The first-order valence-electron chi connectivity index (χ1n) is 10.6. The van der Waals surface area contributed by atoms with Gasteiger partial charge in [-0.15, -0.1) is 0 Å². The molecule has 2 N–H and O–H groups in total. The van der Waals surface area contributed by atoms with Crippen molar-refractivity contribution in [1.29, 1.82) is 0 Å². The molecule has 0 unspecified atom stereocenters. The molecule has 2 saturated carbocycles. The summed E-state index contributed by atoms with van der Waals surface area (Å²) in [6.45, 7) is 2.37. The first kappa shape index (κ1) is 18.2. The Morgan fingerprint density at radius 2 is 1.86 bits per heavy atom. The maximum absolute atomic E-state index is 10.8. The second-order valence-corrected chi connectivity index (χ2v) is 9.48. The molecule has 3 aliphatic carbocycles. The first-order chi connectivity index (χ1) is 13.5. The molecule has 7 atom stereocenters. The lowest BCUT2D eigenvalue weighted by atomic mass is 9.51. The zero-order valence-electron chi connectivity index (χ0n) is 16.7. The van der Waals surface area contributed by atoms with E-state index < -0.39 is 0 Å². The van der Waals surface area contributed by atoms with Crippen molar-refractivity contribution in [3.8, 4) is 5.75 Å². The smallest absolute Gasteiger partial charge is 0.115 e. The van der Waals surface area contributed by atoms with E-state index in [0.29, 0.717) is 29.4 Å².